The second-order valence-corrected chi connectivity index (χ2v) is 5.01. The van der Waals surface area contributed by atoms with Crippen LogP contribution in [0.1, 0.15) is 33.9 Å². The van der Waals surface area contributed by atoms with E-state index in [1.807, 2.05) is 13.0 Å². The minimum atomic E-state index is -0.487. The fourth-order valence-electron chi connectivity index (χ4n) is 2.29. The third-order valence-electron chi connectivity index (χ3n) is 2.99. The number of hydrogen-bond acceptors (Lipinski definition) is 2. The van der Waals surface area contributed by atoms with Gasteiger partial charge >= 0.3 is 0 Å². The predicted molar refractivity (Wildman–Crippen MR) is 73.6 cm³/mol. The molecule has 0 aliphatic carbocycles. The van der Waals surface area contributed by atoms with E-state index in [1.165, 1.54) is 16.7 Å². The minimum absolute atomic E-state index is 0.487. The molecule has 0 saturated carbocycles. The topological polar surface area (TPSA) is 33.1 Å². The van der Waals surface area contributed by atoms with Gasteiger partial charge in [0, 0.05) is 18.8 Å². The number of aliphatic hydroxyl groups is 1. The van der Waals surface area contributed by atoms with Crippen molar-refractivity contribution in [1.29, 1.82) is 0 Å². The maximum absolute atomic E-state index is 10.2. The molecule has 1 aromatic carbocycles. The monoisotopic (exact) mass is 241 g/mol. The summed E-state index contributed by atoms with van der Waals surface area (Å²) in [5.74, 6) is 0. The van der Waals surface area contributed by atoms with E-state index in [0.717, 1.165) is 11.1 Å². The molecule has 1 unspecified atom stereocenters. The molecule has 0 aliphatic rings. The van der Waals surface area contributed by atoms with Gasteiger partial charge in [0.25, 0.3) is 0 Å². The summed E-state index contributed by atoms with van der Waals surface area (Å²) in [5.41, 5.74) is 5.60. The number of hydrogen-bond donors (Lipinski definition) is 1. The van der Waals surface area contributed by atoms with Gasteiger partial charge in [0.1, 0.15) is 0 Å². The van der Waals surface area contributed by atoms with Gasteiger partial charge in [-0.25, -0.2) is 0 Å². The number of aryl methyl sites for hydroxylation is 3. The average molecular weight is 241 g/mol. The van der Waals surface area contributed by atoms with Gasteiger partial charge in [-0.2, -0.15) is 0 Å². The highest BCUT2D eigenvalue weighted by molar-refractivity contribution is 5.30. The van der Waals surface area contributed by atoms with Crippen molar-refractivity contribution in [3.8, 4) is 0 Å². The lowest BCUT2D eigenvalue weighted by Gasteiger charge is -2.12. The number of pyridine rings is 1. The van der Waals surface area contributed by atoms with Crippen molar-refractivity contribution in [3.63, 3.8) is 0 Å². The summed E-state index contributed by atoms with van der Waals surface area (Å²) in [7, 11) is 0. The van der Waals surface area contributed by atoms with Gasteiger partial charge in [0.15, 0.2) is 0 Å². The van der Waals surface area contributed by atoms with Gasteiger partial charge in [-0.15, -0.1) is 0 Å². The lowest BCUT2D eigenvalue weighted by molar-refractivity contribution is 0.178. The predicted octanol–water partition coefficient (Wildman–Crippen LogP) is 3.28. The Balaban J connectivity index is 2.18. The van der Waals surface area contributed by atoms with E-state index >= 15 is 0 Å². The lowest BCUT2D eigenvalue weighted by atomic mass is 9.99. The van der Waals surface area contributed by atoms with Crippen molar-refractivity contribution in [2.75, 3.05) is 0 Å². The average Bonchev–Trinajstić information content (AvgIpc) is 2.27. The zero-order valence-corrected chi connectivity index (χ0v) is 11.1. The van der Waals surface area contributed by atoms with Crippen molar-refractivity contribution in [2.24, 2.45) is 0 Å². The summed E-state index contributed by atoms with van der Waals surface area (Å²) in [6.07, 6.45) is 3.68. The number of benzene rings is 1. The Morgan fingerprint density at radius 1 is 0.944 bits per heavy atom. The van der Waals surface area contributed by atoms with Gasteiger partial charge < -0.3 is 5.11 Å². The molecule has 0 fully saturated rings. The second kappa shape index (κ2) is 5.32. The van der Waals surface area contributed by atoms with Crippen LogP contribution in [0.2, 0.25) is 0 Å². The van der Waals surface area contributed by atoms with Crippen LogP contribution in [0.4, 0.5) is 0 Å². The SMILES string of the molecule is Cc1cc(C)cc(CC(O)c2cncc(C)c2)c1. The van der Waals surface area contributed by atoms with E-state index in [1.54, 1.807) is 12.4 Å². The van der Waals surface area contributed by atoms with Crippen LogP contribution in [0.25, 0.3) is 0 Å². The van der Waals surface area contributed by atoms with E-state index in [-0.39, 0.29) is 0 Å². The number of rotatable bonds is 3. The highest BCUT2D eigenvalue weighted by atomic mass is 16.3. The first-order valence-corrected chi connectivity index (χ1v) is 6.21. The van der Waals surface area contributed by atoms with Crippen LogP contribution >= 0.6 is 0 Å². The number of nitrogens with zero attached hydrogens (tertiary/aromatic N) is 1. The zero-order valence-electron chi connectivity index (χ0n) is 11.1. The fraction of sp³-hybridized carbons (Fsp3) is 0.312. The first-order chi connectivity index (χ1) is 8.54. The van der Waals surface area contributed by atoms with Crippen LogP contribution < -0.4 is 0 Å². The molecule has 1 N–H and O–H groups in total. The minimum Gasteiger partial charge on any atom is -0.388 e. The summed E-state index contributed by atoms with van der Waals surface area (Å²) in [6, 6.07) is 8.38. The Morgan fingerprint density at radius 2 is 1.61 bits per heavy atom. The van der Waals surface area contributed by atoms with Crippen molar-refractivity contribution in [1.82, 2.24) is 4.98 Å². The van der Waals surface area contributed by atoms with E-state index < -0.39 is 6.10 Å². The Bertz CT molecular complexity index is 528. The van der Waals surface area contributed by atoms with E-state index in [2.05, 4.69) is 37.0 Å². The van der Waals surface area contributed by atoms with Gasteiger partial charge in [0.2, 0.25) is 0 Å². The van der Waals surface area contributed by atoms with E-state index in [0.29, 0.717) is 6.42 Å². The van der Waals surface area contributed by atoms with Crippen LogP contribution in [0.15, 0.2) is 36.7 Å². The van der Waals surface area contributed by atoms with Crippen LogP contribution in [0.5, 0.6) is 0 Å². The molecule has 0 radical (unpaired) electrons. The molecule has 1 heterocycles. The quantitative estimate of drug-likeness (QED) is 0.894. The number of aliphatic hydroxyl groups excluding tert-OH is 1. The largest absolute Gasteiger partial charge is 0.388 e. The molecule has 0 spiro atoms. The molecule has 2 nitrogen and oxygen atoms in total. The molecule has 2 rings (SSSR count). The fourth-order valence-corrected chi connectivity index (χ4v) is 2.29. The van der Waals surface area contributed by atoms with Gasteiger partial charge in [-0.3, -0.25) is 4.98 Å². The van der Waals surface area contributed by atoms with E-state index in [9.17, 15) is 5.11 Å². The molecular formula is C16H19NO. The molecule has 0 bridgehead atoms. The molecule has 0 saturated heterocycles. The van der Waals surface area contributed by atoms with Crippen molar-refractivity contribution in [2.45, 2.75) is 33.3 Å². The maximum Gasteiger partial charge on any atom is 0.0845 e. The third-order valence-corrected chi connectivity index (χ3v) is 2.99. The summed E-state index contributed by atoms with van der Waals surface area (Å²) in [6.45, 7) is 6.15. The Morgan fingerprint density at radius 3 is 2.22 bits per heavy atom. The van der Waals surface area contributed by atoms with E-state index in [4.69, 9.17) is 0 Å². The van der Waals surface area contributed by atoms with Gasteiger partial charge in [-0.1, -0.05) is 35.4 Å². The van der Waals surface area contributed by atoms with Crippen LogP contribution in [-0.2, 0) is 6.42 Å². The summed E-state index contributed by atoms with van der Waals surface area (Å²) < 4.78 is 0. The molecule has 18 heavy (non-hydrogen) atoms. The standard InChI is InChI=1S/C16H19NO/c1-11-4-12(2)6-14(5-11)8-16(18)15-7-13(3)9-17-10-15/h4-7,9-10,16,18H,8H2,1-3H3. The summed E-state index contributed by atoms with van der Waals surface area (Å²) in [4.78, 5) is 4.12. The summed E-state index contributed by atoms with van der Waals surface area (Å²) in [5, 5.41) is 10.2. The molecule has 94 valence electrons. The van der Waals surface area contributed by atoms with Crippen molar-refractivity contribution >= 4 is 0 Å². The highest BCUT2D eigenvalue weighted by Crippen LogP contribution is 2.20. The van der Waals surface area contributed by atoms with Crippen molar-refractivity contribution in [3.05, 3.63) is 64.5 Å². The molecule has 2 aromatic rings. The van der Waals surface area contributed by atoms with Gasteiger partial charge in [-0.05, 0) is 37.5 Å². The summed E-state index contributed by atoms with van der Waals surface area (Å²) >= 11 is 0. The smallest absolute Gasteiger partial charge is 0.0845 e. The Kier molecular flexibility index (Phi) is 3.78. The Labute approximate surface area is 108 Å². The zero-order chi connectivity index (χ0) is 13.1. The third kappa shape index (κ3) is 3.17. The van der Waals surface area contributed by atoms with Crippen LogP contribution in [0.3, 0.4) is 0 Å². The molecular weight excluding hydrogens is 222 g/mol. The molecule has 1 aromatic heterocycles. The molecule has 0 aliphatic heterocycles. The maximum atomic E-state index is 10.2. The number of aromatic nitrogens is 1. The first kappa shape index (κ1) is 12.8. The van der Waals surface area contributed by atoms with Crippen LogP contribution in [0, 0.1) is 20.8 Å². The van der Waals surface area contributed by atoms with Gasteiger partial charge in [0.05, 0.1) is 6.10 Å². The molecule has 0 amide bonds. The highest BCUT2D eigenvalue weighted by Gasteiger charge is 2.09. The normalized spacial score (nSPS) is 12.4. The lowest BCUT2D eigenvalue weighted by Crippen LogP contribution is -2.03. The first-order valence-electron chi connectivity index (χ1n) is 6.21. The van der Waals surface area contributed by atoms with Crippen LogP contribution in [-0.4, -0.2) is 10.1 Å². The second-order valence-electron chi connectivity index (χ2n) is 5.01. The molecule has 2 heteroatoms. The Hall–Kier alpha value is -1.67. The molecule has 1 atom stereocenters. The van der Waals surface area contributed by atoms with Crippen molar-refractivity contribution < 1.29 is 5.11 Å².